The number of benzene rings is 1. The monoisotopic (exact) mass is 312 g/mol. The van der Waals surface area contributed by atoms with Crippen LogP contribution in [0.5, 0.6) is 11.5 Å². The van der Waals surface area contributed by atoms with Crippen LogP contribution in [0.15, 0.2) is 24.3 Å². The smallest absolute Gasteiger partial charge is 0.267 e. The maximum atomic E-state index is 12.6. The maximum Gasteiger partial charge on any atom is 0.267 e. The van der Waals surface area contributed by atoms with E-state index in [1.807, 2.05) is 31.2 Å². The molecule has 3 unspecified atom stereocenters. The second kappa shape index (κ2) is 6.54. The number of carbonyl (C=O) groups excluding carboxylic acids is 1. The van der Waals surface area contributed by atoms with E-state index in [0.29, 0.717) is 18.0 Å². The van der Waals surface area contributed by atoms with Crippen LogP contribution in [0.4, 0.5) is 0 Å². The van der Waals surface area contributed by atoms with Crippen LogP contribution >= 0.6 is 12.4 Å². The largest absolute Gasteiger partial charge is 0.482 e. The summed E-state index contributed by atoms with van der Waals surface area (Å²) in [6, 6.07) is 7.50. The minimum atomic E-state index is -0.588. The van der Waals surface area contributed by atoms with Crippen molar-refractivity contribution in [3.63, 3.8) is 0 Å². The minimum absolute atomic E-state index is 0. The zero-order valence-corrected chi connectivity index (χ0v) is 12.8. The van der Waals surface area contributed by atoms with E-state index in [4.69, 9.17) is 15.2 Å². The number of likely N-dealkylation sites (tertiary alicyclic amines) is 1. The number of piperidine rings is 1. The van der Waals surface area contributed by atoms with Gasteiger partial charge in [0.05, 0.1) is 0 Å². The number of ether oxygens (including phenoxy) is 2. The molecular weight excluding hydrogens is 292 g/mol. The van der Waals surface area contributed by atoms with Gasteiger partial charge in [-0.05, 0) is 31.9 Å². The van der Waals surface area contributed by atoms with Crippen molar-refractivity contribution in [2.45, 2.75) is 38.0 Å². The van der Waals surface area contributed by atoms with Gasteiger partial charge >= 0.3 is 0 Å². The Morgan fingerprint density at radius 1 is 1.29 bits per heavy atom. The number of para-hydroxylation sites is 2. The van der Waals surface area contributed by atoms with Crippen molar-refractivity contribution in [2.24, 2.45) is 5.73 Å². The normalized spacial score (nSPS) is 27.7. The van der Waals surface area contributed by atoms with Gasteiger partial charge in [-0.25, -0.2) is 0 Å². The molecule has 1 aromatic rings. The highest BCUT2D eigenvalue weighted by molar-refractivity contribution is 5.85. The number of halogens is 1. The molecule has 6 heteroatoms. The molecule has 5 nitrogen and oxygen atoms in total. The number of fused-ring (bicyclic) bond motifs is 1. The molecule has 3 atom stereocenters. The standard InChI is InChI=1S/C15H20N2O3.ClH/c1-10-14(15(18)17-8-4-5-11(16)9-17)20-13-7-3-2-6-12(13)19-10;/h2-3,6-7,10-11,14H,4-5,8-9,16H2,1H3;1H. The number of nitrogens with zero attached hydrogens (tertiary/aromatic N) is 1. The van der Waals surface area contributed by atoms with Gasteiger partial charge in [0.2, 0.25) is 6.10 Å². The lowest BCUT2D eigenvalue weighted by molar-refractivity contribution is -0.145. The molecule has 1 aromatic carbocycles. The molecule has 2 heterocycles. The molecule has 2 aliphatic rings. The van der Waals surface area contributed by atoms with Crippen LogP contribution in [0.25, 0.3) is 0 Å². The Morgan fingerprint density at radius 3 is 2.62 bits per heavy atom. The van der Waals surface area contributed by atoms with Crippen molar-refractivity contribution in [1.82, 2.24) is 4.90 Å². The average Bonchev–Trinajstić information content (AvgIpc) is 2.46. The molecule has 0 bridgehead atoms. The SMILES string of the molecule is CC1Oc2ccccc2OC1C(=O)N1CCCC(N)C1.Cl. The van der Waals surface area contributed by atoms with E-state index in [-0.39, 0.29) is 30.5 Å². The molecule has 0 aliphatic carbocycles. The Labute approximate surface area is 130 Å². The molecule has 1 fully saturated rings. The highest BCUT2D eigenvalue weighted by Gasteiger charge is 2.37. The summed E-state index contributed by atoms with van der Waals surface area (Å²) in [4.78, 5) is 14.4. The van der Waals surface area contributed by atoms with Crippen LogP contribution in [0.1, 0.15) is 19.8 Å². The van der Waals surface area contributed by atoms with Gasteiger partial charge in [-0.3, -0.25) is 4.79 Å². The lowest BCUT2D eigenvalue weighted by Crippen LogP contribution is -2.54. The number of hydrogen-bond acceptors (Lipinski definition) is 4. The van der Waals surface area contributed by atoms with Crippen LogP contribution in [-0.4, -0.2) is 42.1 Å². The molecule has 0 aromatic heterocycles. The predicted octanol–water partition coefficient (Wildman–Crippen LogP) is 1.59. The molecule has 2 N–H and O–H groups in total. The van der Waals surface area contributed by atoms with Gasteiger partial charge < -0.3 is 20.1 Å². The fourth-order valence-electron chi connectivity index (χ4n) is 2.78. The van der Waals surface area contributed by atoms with E-state index in [9.17, 15) is 4.79 Å². The predicted molar refractivity (Wildman–Crippen MR) is 82.0 cm³/mol. The van der Waals surface area contributed by atoms with Crippen molar-refractivity contribution in [3.05, 3.63) is 24.3 Å². The third-order valence-electron chi connectivity index (χ3n) is 3.86. The zero-order valence-electron chi connectivity index (χ0n) is 12.0. The second-order valence-electron chi connectivity index (χ2n) is 5.49. The summed E-state index contributed by atoms with van der Waals surface area (Å²) in [5.41, 5.74) is 5.94. The molecule has 0 radical (unpaired) electrons. The van der Waals surface area contributed by atoms with Gasteiger partial charge in [0.15, 0.2) is 11.5 Å². The lowest BCUT2D eigenvalue weighted by atomic mass is 10.0. The van der Waals surface area contributed by atoms with Crippen molar-refractivity contribution < 1.29 is 14.3 Å². The van der Waals surface area contributed by atoms with E-state index in [1.165, 1.54) is 0 Å². The first-order valence-corrected chi connectivity index (χ1v) is 7.12. The zero-order chi connectivity index (χ0) is 14.1. The quantitative estimate of drug-likeness (QED) is 0.855. The summed E-state index contributed by atoms with van der Waals surface area (Å²) in [5.74, 6) is 1.30. The number of hydrogen-bond donors (Lipinski definition) is 1. The van der Waals surface area contributed by atoms with Gasteiger partial charge in [-0.2, -0.15) is 0 Å². The van der Waals surface area contributed by atoms with Gasteiger partial charge in [-0.15, -0.1) is 12.4 Å². The summed E-state index contributed by atoms with van der Waals surface area (Å²) in [6.45, 7) is 3.22. The van der Waals surface area contributed by atoms with E-state index in [1.54, 1.807) is 4.90 Å². The molecule has 0 saturated carbocycles. The van der Waals surface area contributed by atoms with Gasteiger partial charge in [0.1, 0.15) is 6.10 Å². The Bertz CT molecular complexity index is 511. The highest BCUT2D eigenvalue weighted by Crippen LogP contribution is 2.34. The number of amides is 1. The van der Waals surface area contributed by atoms with E-state index in [0.717, 1.165) is 19.4 Å². The first-order valence-electron chi connectivity index (χ1n) is 7.12. The van der Waals surface area contributed by atoms with E-state index in [2.05, 4.69) is 0 Å². The fraction of sp³-hybridized carbons (Fsp3) is 0.533. The van der Waals surface area contributed by atoms with Crippen molar-refractivity contribution >= 4 is 18.3 Å². The minimum Gasteiger partial charge on any atom is -0.482 e. The third-order valence-corrected chi connectivity index (χ3v) is 3.86. The van der Waals surface area contributed by atoms with Crippen LogP contribution in [0.3, 0.4) is 0 Å². The van der Waals surface area contributed by atoms with Crippen molar-refractivity contribution in [1.29, 1.82) is 0 Å². The summed E-state index contributed by atoms with van der Waals surface area (Å²) in [7, 11) is 0. The van der Waals surface area contributed by atoms with Crippen LogP contribution in [0, 0.1) is 0 Å². The molecule has 21 heavy (non-hydrogen) atoms. The molecule has 3 rings (SSSR count). The highest BCUT2D eigenvalue weighted by atomic mass is 35.5. The van der Waals surface area contributed by atoms with Gasteiger partial charge in [0, 0.05) is 19.1 Å². The lowest BCUT2D eigenvalue weighted by Gasteiger charge is -2.37. The summed E-state index contributed by atoms with van der Waals surface area (Å²) >= 11 is 0. The van der Waals surface area contributed by atoms with Crippen LogP contribution in [0.2, 0.25) is 0 Å². The van der Waals surface area contributed by atoms with Crippen LogP contribution in [-0.2, 0) is 4.79 Å². The molecular formula is C15H21ClN2O3. The van der Waals surface area contributed by atoms with Crippen LogP contribution < -0.4 is 15.2 Å². The Hall–Kier alpha value is -1.46. The second-order valence-corrected chi connectivity index (χ2v) is 5.49. The molecule has 0 spiro atoms. The topological polar surface area (TPSA) is 64.8 Å². The number of carbonyl (C=O) groups is 1. The average molecular weight is 313 g/mol. The fourth-order valence-corrected chi connectivity index (χ4v) is 2.78. The summed E-state index contributed by atoms with van der Waals surface area (Å²) in [5, 5.41) is 0. The summed E-state index contributed by atoms with van der Waals surface area (Å²) in [6.07, 6.45) is 1.04. The van der Waals surface area contributed by atoms with Crippen molar-refractivity contribution in [2.75, 3.05) is 13.1 Å². The number of nitrogens with two attached hydrogens (primary N) is 1. The first-order chi connectivity index (χ1) is 9.65. The maximum absolute atomic E-state index is 12.6. The first kappa shape index (κ1) is 15.9. The van der Waals surface area contributed by atoms with Gasteiger partial charge in [0.25, 0.3) is 5.91 Å². The Kier molecular flexibility index (Phi) is 4.96. The molecule has 2 aliphatic heterocycles. The van der Waals surface area contributed by atoms with Gasteiger partial charge in [-0.1, -0.05) is 12.1 Å². The summed E-state index contributed by atoms with van der Waals surface area (Å²) < 4.78 is 11.6. The third kappa shape index (κ3) is 3.24. The Balaban J connectivity index is 0.00000161. The van der Waals surface area contributed by atoms with E-state index >= 15 is 0 Å². The molecule has 1 amide bonds. The van der Waals surface area contributed by atoms with Crippen molar-refractivity contribution in [3.8, 4) is 11.5 Å². The molecule has 116 valence electrons. The van der Waals surface area contributed by atoms with E-state index < -0.39 is 6.10 Å². The molecule has 1 saturated heterocycles. The number of rotatable bonds is 1. The Morgan fingerprint density at radius 2 is 1.95 bits per heavy atom.